The third-order valence-electron chi connectivity index (χ3n) is 7.70. The van der Waals surface area contributed by atoms with Crippen LogP contribution in [0.4, 0.5) is 37.7 Å². The minimum Gasteiger partial charge on any atom is -0.325 e. The molecule has 0 spiro atoms. The summed E-state index contributed by atoms with van der Waals surface area (Å²) in [5, 5.41) is 2.33. The lowest BCUT2D eigenvalue weighted by Gasteiger charge is -2.39. The van der Waals surface area contributed by atoms with E-state index in [-0.39, 0.29) is 24.9 Å². The van der Waals surface area contributed by atoms with E-state index in [0.29, 0.717) is 30.9 Å². The molecule has 2 aromatic rings. The number of nitrogens with one attached hydrogen (secondary N) is 1. The summed E-state index contributed by atoms with van der Waals surface area (Å²) < 4.78 is 80.5. The molecule has 11 heteroatoms. The van der Waals surface area contributed by atoms with E-state index in [9.17, 15) is 35.9 Å². The average Bonchev–Trinajstić information content (AvgIpc) is 3.46. The van der Waals surface area contributed by atoms with Crippen molar-refractivity contribution in [3.63, 3.8) is 0 Å². The first-order valence-corrected chi connectivity index (χ1v) is 12.3. The van der Waals surface area contributed by atoms with Crippen LogP contribution in [-0.4, -0.2) is 42.4 Å². The Kier molecular flexibility index (Phi) is 7.28. The van der Waals surface area contributed by atoms with Crippen molar-refractivity contribution < 1.29 is 35.9 Å². The van der Waals surface area contributed by atoms with E-state index < -0.39 is 46.5 Å². The lowest BCUT2D eigenvalue weighted by Crippen LogP contribution is -2.53. The highest BCUT2D eigenvalue weighted by atomic mass is 19.4. The molecule has 0 aliphatic carbocycles. The molecular formula is C27H29F6N3O2. The summed E-state index contributed by atoms with van der Waals surface area (Å²) in [4.78, 5) is 30.8. The number of hydrogen-bond acceptors (Lipinski definition) is 3. The smallest absolute Gasteiger partial charge is 0.325 e. The standard InChI is InChI=1S/C27H29F6N3O2/c1-16-7-6-8-17(2)23(16)36-15-25(14-22(36)37,18(3)35-9-4-5-10-35)24(38)34-21-12-19(26(28,29)30)11-20(13-21)27(31,32)33/h6-8,11-13,18H,4-5,9-10,14-15H2,1-3H3,(H,34,38). The summed E-state index contributed by atoms with van der Waals surface area (Å²) in [6.45, 7) is 6.76. The molecule has 1 N–H and O–H groups in total. The maximum atomic E-state index is 13.9. The van der Waals surface area contributed by atoms with Gasteiger partial charge in [-0.25, -0.2) is 0 Å². The molecule has 2 atom stereocenters. The SMILES string of the molecule is Cc1cccc(C)c1N1CC(C(=O)Nc2cc(C(F)(F)F)cc(C(F)(F)F)c2)(C(C)N2CCCC2)CC1=O. The number of hydrogen-bond donors (Lipinski definition) is 1. The first-order chi connectivity index (χ1) is 17.6. The van der Waals surface area contributed by atoms with Gasteiger partial charge >= 0.3 is 12.4 Å². The highest BCUT2D eigenvalue weighted by molar-refractivity contribution is 6.07. The maximum Gasteiger partial charge on any atom is 0.416 e. The van der Waals surface area contributed by atoms with Crippen molar-refractivity contribution in [2.45, 2.75) is 58.4 Å². The number of para-hydroxylation sites is 1. The number of carbonyl (C=O) groups excluding carboxylic acids is 2. The zero-order valence-electron chi connectivity index (χ0n) is 21.3. The summed E-state index contributed by atoms with van der Waals surface area (Å²) in [7, 11) is 0. The van der Waals surface area contributed by atoms with Gasteiger partial charge in [-0.2, -0.15) is 26.3 Å². The Bertz CT molecular complexity index is 1180. The van der Waals surface area contributed by atoms with Gasteiger partial charge in [0, 0.05) is 30.4 Å². The van der Waals surface area contributed by atoms with E-state index in [1.54, 1.807) is 6.92 Å². The van der Waals surface area contributed by atoms with Crippen molar-refractivity contribution in [1.29, 1.82) is 0 Å². The Hall–Kier alpha value is -3.08. The molecular weight excluding hydrogens is 512 g/mol. The van der Waals surface area contributed by atoms with Crippen LogP contribution in [0.3, 0.4) is 0 Å². The fourth-order valence-corrected chi connectivity index (χ4v) is 5.61. The van der Waals surface area contributed by atoms with Crippen LogP contribution in [0.5, 0.6) is 0 Å². The molecule has 38 heavy (non-hydrogen) atoms. The molecule has 2 unspecified atom stereocenters. The molecule has 206 valence electrons. The number of amides is 2. The topological polar surface area (TPSA) is 52.7 Å². The van der Waals surface area contributed by atoms with E-state index in [4.69, 9.17) is 0 Å². The summed E-state index contributed by atoms with van der Waals surface area (Å²) in [5.41, 5.74) is -2.79. The van der Waals surface area contributed by atoms with Gasteiger partial charge in [-0.05, 0) is 76.0 Å². The second-order valence-electron chi connectivity index (χ2n) is 10.2. The van der Waals surface area contributed by atoms with Gasteiger partial charge in [0.05, 0.1) is 16.5 Å². The van der Waals surface area contributed by atoms with Crippen molar-refractivity contribution >= 4 is 23.2 Å². The van der Waals surface area contributed by atoms with Crippen LogP contribution in [-0.2, 0) is 21.9 Å². The molecule has 2 aliphatic rings. The number of benzene rings is 2. The number of anilines is 2. The highest BCUT2D eigenvalue weighted by Gasteiger charge is 2.55. The fourth-order valence-electron chi connectivity index (χ4n) is 5.61. The Labute approximate surface area is 216 Å². The van der Waals surface area contributed by atoms with Crippen LogP contribution in [0.2, 0.25) is 0 Å². The van der Waals surface area contributed by atoms with Crippen LogP contribution in [0.25, 0.3) is 0 Å². The Balaban J connectivity index is 1.76. The van der Waals surface area contributed by atoms with Crippen molar-refractivity contribution in [3.8, 4) is 0 Å². The average molecular weight is 542 g/mol. The van der Waals surface area contributed by atoms with Crippen molar-refractivity contribution in [1.82, 2.24) is 4.90 Å². The Morgan fingerprint density at radius 2 is 1.47 bits per heavy atom. The second-order valence-corrected chi connectivity index (χ2v) is 10.2. The number of aryl methyl sites for hydroxylation is 2. The number of likely N-dealkylation sites (tertiary alicyclic amines) is 1. The van der Waals surface area contributed by atoms with E-state index >= 15 is 0 Å². The van der Waals surface area contributed by atoms with Gasteiger partial charge in [0.25, 0.3) is 0 Å². The summed E-state index contributed by atoms with van der Waals surface area (Å²) in [6.07, 6.45) is -8.55. The normalized spacial score (nSPS) is 21.7. The minimum atomic E-state index is -5.05. The summed E-state index contributed by atoms with van der Waals surface area (Å²) in [6, 6.07) is 6.01. The van der Waals surface area contributed by atoms with Gasteiger partial charge in [-0.3, -0.25) is 14.5 Å². The Morgan fingerprint density at radius 1 is 0.947 bits per heavy atom. The molecule has 0 radical (unpaired) electrons. The zero-order valence-corrected chi connectivity index (χ0v) is 21.3. The van der Waals surface area contributed by atoms with Gasteiger partial charge < -0.3 is 10.2 Å². The number of alkyl halides is 6. The molecule has 5 nitrogen and oxygen atoms in total. The molecule has 0 aromatic heterocycles. The number of rotatable bonds is 5. The number of nitrogens with zero attached hydrogens (tertiary/aromatic N) is 2. The molecule has 2 amide bonds. The molecule has 2 aliphatic heterocycles. The van der Waals surface area contributed by atoms with Crippen molar-refractivity contribution in [2.24, 2.45) is 5.41 Å². The highest BCUT2D eigenvalue weighted by Crippen LogP contribution is 2.44. The van der Waals surface area contributed by atoms with Crippen molar-refractivity contribution in [2.75, 3.05) is 29.9 Å². The van der Waals surface area contributed by atoms with Crippen LogP contribution in [0.1, 0.15) is 48.4 Å². The number of halogens is 6. The molecule has 2 aromatic carbocycles. The predicted molar refractivity (Wildman–Crippen MR) is 131 cm³/mol. The molecule has 0 bridgehead atoms. The number of carbonyl (C=O) groups is 2. The molecule has 0 saturated carbocycles. The Morgan fingerprint density at radius 3 is 1.97 bits per heavy atom. The molecule has 2 saturated heterocycles. The lowest BCUT2D eigenvalue weighted by atomic mass is 9.78. The first-order valence-electron chi connectivity index (χ1n) is 12.3. The van der Waals surface area contributed by atoms with Crippen molar-refractivity contribution in [3.05, 3.63) is 58.7 Å². The van der Waals surface area contributed by atoms with Crippen LogP contribution >= 0.6 is 0 Å². The molecule has 2 heterocycles. The van der Waals surface area contributed by atoms with Crippen LogP contribution < -0.4 is 10.2 Å². The quantitative estimate of drug-likeness (QED) is 0.460. The summed E-state index contributed by atoms with van der Waals surface area (Å²) in [5.74, 6) is -1.12. The largest absolute Gasteiger partial charge is 0.416 e. The summed E-state index contributed by atoms with van der Waals surface area (Å²) >= 11 is 0. The minimum absolute atomic E-state index is 0.0140. The van der Waals surface area contributed by atoms with E-state index in [1.807, 2.05) is 36.9 Å². The van der Waals surface area contributed by atoms with Gasteiger partial charge in [0.15, 0.2) is 0 Å². The predicted octanol–water partition coefficient (Wildman–Crippen LogP) is 6.19. The van der Waals surface area contributed by atoms with E-state index in [1.165, 1.54) is 4.90 Å². The molecule has 2 fully saturated rings. The van der Waals surface area contributed by atoms with E-state index in [2.05, 4.69) is 5.32 Å². The zero-order chi connectivity index (χ0) is 28.0. The third kappa shape index (κ3) is 5.25. The van der Waals surface area contributed by atoms with Gasteiger partial charge in [-0.1, -0.05) is 18.2 Å². The molecule has 4 rings (SSSR count). The van der Waals surface area contributed by atoms with Gasteiger partial charge in [0.1, 0.15) is 0 Å². The van der Waals surface area contributed by atoms with Crippen LogP contribution in [0.15, 0.2) is 36.4 Å². The van der Waals surface area contributed by atoms with Gasteiger partial charge in [0.2, 0.25) is 11.8 Å². The first kappa shape index (κ1) is 27.9. The maximum absolute atomic E-state index is 13.9. The second kappa shape index (κ2) is 9.91. The van der Waals surface area contributed by atoms with E-state index in [0.717, 1.165) is 24.0 Å². The van der Waals surface area contributed by atoms with Crippen LogP contribution in [0, 0.1) is 19.3 Å². The fraction of sp³-hybridized carbons (Fsp3) is 0.481. The van der Waals surface area contributed by atoms with Gasteiger partial charge in [-0.15, -0.1) is 0 Å². The third-order valence-corrected chi connectivity index (χ3v) is 7.70. The lowest BCUT2D eigenvalue weighted by molar-refractivity contribution is -0.143. The monoisotopic (exact) mass is 541 g/mol.